The van der Waals surface area contributed by atoms with Gasteiger partial charge in [0.2, 0.25) is 5.91 Å². The number of fused-ring (bicyclic) bond motifs is 2. The van der Waals surface area contributed by atoms with Crippen molar-refractivity contribution in [3.63, 3.8) is 0 Å². The number of nitrogens with two attached hydrogens (primary N) is 1. The predicted octanol–water partition coefficient (Wildman–Crippen LogP) is 1.71. The van der Waals surface area contributed by atoms with Crippen molar-refractivity contribution in [2.45, 2.75) is 44.6 Å². The highest BCUT2D eigenvalue weighted by Crippen LogP contribution is 2.47. The lowest BCUT2D eigenvalue weighted by Crippen LogP contribution is -2.45. The molecule has 3 N–H and O–H groups in total. The summed E-state index contributed by atoms with van der Waals surface area (Å²) in [5.41, 5.74) is 6.16. The molecule has 112 valence electrons. The summed E-state index contributed by atoms with van der Waals surface area (Å²) in [6, 6.07) is 0.109. The molecule has 0 spiro atoms. The van der Waals surface area contributed by atoms with Crippen LogP contribution >= 0.6 is 12.4 Å². The summed E-state index contributed by atoms with van der Waals surface area (Å²) in [5, 5.41) is 3.06. The van der Waals surface area contributed by atoms with Crippen LogP contribution in [0.3, 0.4) is 0 Å². The molecule has 0 aromatic carbocycles. The summed E-state index contributed by atoms with van der Waals surface area (Å²) in [6.45, 7) is 1.59. The van der Waals surface area contributed by atoms with E-state index in [1.807, 2.05) is 0 Å². The second kappa shape index (κ2) is 8.08. The largest absolute Gasteiger partial charge is 0.385 e. The first kappa shape index (κ1) is 16.7. The quantitative estimate of drug-likeness (QED) is 0.702. The Bertz CT molecular complexity index is 287. The molecule has 0 radical (unpaired) electrons. The molecule has 0 saturated heterocycles. The van der Waals surface area contributed by atoms with Crippen molar-refractivity contribution in [1.29, 1.82) is 0 Å². The zero-order valence-electron chi connectivity index (χ0n) is 11.8. The third-order valence-corrected chi connectivity index (χ3v) is 4.61. The van der Waals surface area contributed by atoms with E-state index in [1.54, 1.807) is 7.11 Å². The fourth-order valence-electron chi connectivity index (χ4n) is 3.60. The molecule has 2 aliphatic carbocycles. The zero-order valence-corrected chi connectivity index (χ0v) is 12.6. The van der Waals surface area contributed by atoms with Crippen molar-refractivity contribution in [2.75, 3.05) is 20.3 Å². The zero-order chi connectivity index (χ0) is 13.0. The molecule has 2 fully saturated rings. The highest BCUT2D eigenvalue weighted by atomic mass is 35.5. The number of methoxy groups -OCH3 is 1. The number of halogens is 1. The molecule has 2 aliphatic rings. The molecule has 0 aromatic heterocycles. The van der Waals surface area contributed by atoms with Crippen molar-refractivity contribution >= 4 is 18.3 Å². The highest BCUT2D eigenvalue weighted by Gasteiger charge is 2.48. The molecular weight excluding hydrogens is 264 g/mol. The molecule has 19 heavy (non-hydrogen) atoms. The number of hydrogen-bond donors (Lipinski definition) is 2. The van der Waals surface area contributed by atoms with E-state index in [0.717, 1.165) is 32.4 Å². The van der Waals surface area contributed by atoms with Gasteiger partial charge in [0, 0.05) is 26.3 Å². The van der Waals surface area contributed by atoms with Crippen LogP contribution < -0.4 is 11.1 Å². The van der Waals surface area contributed by atoms with E-state index in [-0.39, 0.29) is 30.3 Å². The van der Waals surface area contributed by atoms with E-state index in [0.29, 0.717) is 11.8 Å². The molecule has 1 amide bonds. The minimum Gasteiger partial charge on any atom is -0.385 e. The van der Waals surface area contributed by atoms with Gasteiger partial charge < -0.3 is 15.8 Å². The van der Waals surface area contributed by atoms with Gasteiger partial charge in [-0.15, -0.1) is 12.4 Å². The number of unbranched alkanes of at least 4 members (excludes halogenated alkanes) is 2. The lowest BCUT2D eigenvalue weighted by atomic mass is 9.84. The third-order valence-electron chi connectivity index (χ3n) is 4.61. The molecule has 4 nitrogen and oxygen atoms in total. The molecule has 0 aliphatic heterocycles. The smallest absolute Gasteiger partial charge is 0.224 e. The molecule has 0 aromatic rings. The molecule has 4 atom stereocenters. The van der Waals surface area contributed by atoms with Gasteiger partial charge in [0.15, 0.2) is 0 Å². The Kier molecular flexibility index (Phi) is 7.11. The van der Waals surface area contributed by atoms with E-state index in [2.05, 4.69) is 5.32 Å². The molecule has 0 heterocycles. The number of ether oxygens (including phenoxy) is 1. The second-order valence-corrected chi connectivity index (χ2v) is 5.78. The number of carbonyl (C=O) groups is 1. The molecule has 2 bridgehead atoms. The van der Waals surface area contributed by atoms with Gasteiger partial charge in [-0.2, -0.15) is 0 Å². The van der Waals surface area contributed by atoms with Crippen LogP contribution in [0.25, 0.3) is 0 Å². The van der Waals surface area contributed by atoms with E-state index >= 15 is 0 Å². The van der Waals surface area contributed by atoms with Crippen LogP contribution in [0.4, 0.5) is 0 Å². The first-order chi connectivity index (χ1) is 8.74. The standard InChI is InChI=1S/C14H26N2O2.ClH/c1-18-8-4-2-3-7-16-14(17)12-10-5-6-11(9-10)13(12)15;/h10-13H,2-9,15H2,1H3,(H,16,17);1H. The minimum atomic E-state index is 0. The van der Waals surface area contributed by atoms with Crippen molar-refractivity contribution < 1.29 is 9.53 Å². The Morgan fingerprint density at radius 1 is 1.26 bits per heavy atom. The van der Waals surface area contributed by atoms with Crippen molar-refractivity contribution in [3.05, 3.63) is 0 Å². The summed E-state index contributed by atoms with van der Waals surface area (Å²) < 4.78 is 4.99. The average Bonchev–Trinajstić information content (AvgIpc) is 2.94. The van der Waals surface area contributed by atoms with Crippen LogP contribution in [0, 0.1) is 17.8 Å². The normalized spacial score (nSPS) is 32.1. The third kappa shape index (κ3) is 4.07. The maximum Gasteiger partial charge on any atom is 0.224 e. The van der Waals surface area contributed by atoms with E-state index in [1.165, 1.54) is 19.3 Å². The number of hydrogen-bond acceptors (Lipinski definition) is 3. The minimum absolute atomic E-state index is 0. The summed E-state index contributed by atoms with van der Waals surface area (Å²) >= 11 is 0. The first-order valence-corrected chi connectivity index (χ1v) is 7.26. The van der Waals surface area contributed by atoms with Gasteiger partial charge in [0.25, 0.3) is 0 Å². The van der Waals surface area contributed by atoms with Crippen LogP contribution in [0.5, 0.6) is 0 Å². The topological polar surface area (TPSA) is 64.3 Å². The molecule has 5 heteroatoms. The highest BCUT2D eigenvalue weighted by molar-refractivity contribution is 5.85. The summed E-state index contributed by atoms with van der Waals surface area (Å²) in [5.74, 6) is 1.44. The monoisotopic (exact) mass is 290 g/mol. The molecular formula is C14H27ClN2O2. The maximum absolute atomic E-state index is 12.1. The van der Waals surface area contributed by atoms with Crippen LogP contribution in [0.2, 0.25) is 0 Å². The van der Waals surface area contributed by atoms with Crippen LogP contribution in [-0.2, 0) is 9.53 Å². The Hall–Kier alpha value is -0.320. The summed E-state index contributed by atoms with van der Waals surface area (Å²) in [6.07, 6.45) is 6.81. The Morgan fingerprint density at radius 2 is 2.00 bits per heavy atom. The van der Waals surface area contributed by atoms with Crippen LogP contribution in [0.15, 0.2) is 0 Å². The van der Waals surface area contributed by atoms with Gasteiger partial charge in [0.1, 0.15) is 0 Å². The van der Waals surface area contributed by atoms with Crippen molar-refractivity contribution in [3.8, 4) is 0 Å². The Labute approximate surface area is 122 Å². The first-order valence-electron chi connectivity index (χ1n) is 7.26. The predicted molar refractivity (Wildman–Crippen MR) is 78.3 cm³/mol. The van der Waals surface area contributed by atoms with Crippen molar-refractivity contribution in [2.24, 2.45) is 23.5 Å². The fraction of sp³-hybridized carbons (Fsp3) is 0.929. The summed E-state index contributed by atoms with van der Waals surface area (Å²) in [4.78, 5) is 12.1. The number of nitrogens with one attached hydrogen (secondary N) is 1. The van der Waals surface area contributed by atoms with Crippen LogP contribution in [-0.4, -0.2) is 32.2 Å². The molecule has 2 rings (SSSR count). The Morgan fingerprint density at radius 3 is 2.63 bits per heavy atom. The van der Waals surface area contributed by atoms with Crippen LogP contribution in [0.1, 0.15) is 38.5 Å². The lowest BCUT2D eigenvalue weighted by molar-refractivity contribution is -0.127. The van der Waals surface area contributed by atoms with Crippen molar-refractivity contribution in [1.82, 2.24) is 5.32 Å². The number of carbonyl (C=O) groups excluding carboxylic acids is 1. The van der Waals surface area contributed by atoms with Gasteiger partial charge in [0.05, 0.1) is 5.92 Å². The van der Waals surface area contributed by atoms with Gasteiger partial charge in [-0.05, 0) is 50.4 Å². The van der Waals surface area contributed by atoms with E-state index < -0.39 is 0 Å². The maximum atomic E-state index is 12.1. The van der Waals surface area contributed by atoms with E-state index in [4.69, 9.17) is 10.5 Å². The number of amides is 1. The average molecular weight is 291 g/mol. The van der Waals surface area contributed by atoms with Gasteiger partial charge >= 0.3 is 0 Å². The molecule has 2 saturated carbocycles. The Balaban J connectivity index is 0.00000180. The van der Waals surface area contributed by atoms with Gasteiger partial charge in [-0.3, -0.25) is 4.79 Å². The van der Waals surface area contributed by atoms with Gasteiger partial charge in [-0.1, -0.05) is 0 Å². The fourth-order valence-corrected chi connectivity index (χ4v) is 3.60. The second-order valence-electron chi connectivity index (χ2n) is 5.78. The van der Waals surface area contributed by atoms with E-state index in [9.17, 15) is 4.79 Å². The SMILES string of the molecule is COCCCCCNC(=O)C1C2CCC(C2)C1N.Cl. The van der Waals surface area contributed by atoms with Gasteiger partial charge in [-0.25, -0.2) is 0 Å². The number of rotatable bonds is 7. The lowest BCUT2D eigenvalue weighted by Gasteiger charge is -2.27. The summed E-state index contributed by atoms with van der Waals surface area (Å²) in [7, 11) is 1.72. The molecule has 4 unspecified atom stereocenters.